The summed E-state index contributed by atoms with van der Waals surface area (Å²) in [4.78, 5) is 12.2. The third kappa shape index (κ3) is 3.38. The molecule has 3 nitrogen and oxygen atoms in total. The van der Waals surface area contributed by atoms with Crippen LogP contribution in [0.1, 0.15) is 29.3 Å². The molecular weight excluding hydrogens is 252 g/mol. The van der Waals surface area contributed by atoms with Crippen molar-refractivity contribution in [1.29, 1.82) is 0 Å². The van der Waals surface area contributed by atoms with Crippen molar-refractivity contribution in [1.82, 2.24) is 0 Å². The van der Waals surface area contributed by atoms with Gasteiger partial charge in [0.2, 0.25) is 0 Å². The predicted molar refractivity (Wildman–Crippen MR) is 78.4 cm³/mol. The lowest BCUT2D eigenvalue weighted by Gasteiger charge is -2.11. The van der Waals surface area contributed by atoms with Crippen LogP contribution in [0.4, 0.5) is 0 Å². The fourth-order valence-corrected chi connectivity index (χ4v) is 1.80. The van der Waals surface area contributed by atoms with E-state index in [1.165, 1.54) is 0 Å². The Morgan fingerprint density at radius 3 is 2.35 bits per heavy atom. The van der Waals surface area contributed by atoms with Crippen LogP contribution in [0.15, 0.2) is 48.5 Å². The topological polar surface area (TPSA) is 35.5 Å². The van der Waals surface area contributed by atoms with Crippen LogP contribution < -0.4 is 9.47 Å². The van der Waals surface area contributed by atoms with Gasteiger partial charge in [0, 0.05) is 0 Å². The highest BCUT2D eigenvalue weighted by atomic mass is 16.5. The van der Waals surface area contributed by atoms with E-state index >= 15 is 0 Å². The number of hydrogen-bond acceptors (Lipinski definition) is 3. The number of hydrogen-bond donors (Lipinski definition) is 0. The van der Waals surface area contributed by atoms with Crippen LogP contribution >= 0.6 is 0 Å². The smallest absolute Gasteiger partial charge is 0.347 e. The third-order valence-corrected chi connectivity index (χ3v) is 2.86. The number of esters is 1. The van der Waals surface area contributed by atoms with E-state index in [1.54, 1.807) is 24.3 Å². The summed E-state index contributed by atoms with van der Waals surface area (Å²) < 4.78 is 11.0. The predicted octanol–water partition coefficient (Wildman–Crippen LogP) is 4.00. The summed E-state index contributed by atoms with van der Waals surface area (Å²) in [5.74, 6) is 0.738. The number of aryl methyl sites for hydroxylation is 1. The largest absolute Gasteiger partial charge is 0.493 e. The lowest BCUT2D eigenvalue weighted by atomic mass is 10.2. The Balaban J connectivity index is 2.19. The average molecular weight is 270 g/mol. The molecule has 0 aliphatic rings. The molecule has 3 heteroatoms. The monoisotopic (exact) mass is 270 g/mol. The fourth-order valence-electron chi connectivity index (χ4n) is 1.80. The molecule has 0 radical (unpaired) electrons. The van der Waals surface area contributed by atoms with Crippen molar-refractivity contribution in [2.75, 3.05) is 6.61 Å². The van der Waals surface area contributed by atoms with E-state index in [0.29, 0.717) is 23.7 Å². The van der Waals surface area contributed by atoms with Gasteiger partial charge in [-0.2, -0.15) is 0 Å². The number of carbonyl (C=O) groups excluding carboxylic acids is 1. The molecule has 0 amide bonds. The first-order valence-electron chi connectivity index (χ1n) is 6.72. The van der Waals surface area contributed by atoms with Crippen molar-refractivity contribution in [3.63, 3.8) is 0 Å². The summed E-state index contributed by atoms with van der Waals surface area (Å²) in [6, 6.07) is 14.6. The molecule has 0 unspecified atom stereocenters. The van der Waals surface area contributed by atoms with Gasteiger partial charge in [-0.15, -0.1) is 0 Å². The lowest BCUT2D eigenvalue weighted by molar-refractivity contribution is 0.0729. The maximum absolute atomic E-state index is 12.2. The molecule has 0 aliphatic heterocycles. The molecule has 0 bridgehead atoms. The Hall–Kier alpha value is -2.29. The molecule has 2 aromatic rings. The number of carbonyl (C=O) groups is 1. The maximum atomic E-state index is 12.2. The average Bonchev–Trinajstić information content (AvgIpc) is 2.47. The van der Waals surface area contributed by atoms with E-state index in [-0.39, 0.29) is 0 Å². The zero-order valence-corrected chi connectivity index (χ0v) is 11.8. The van der Waals surface area contributed by atoms with Gasteiger partial charge in [0.1, 0.15) is 17.1 Å². The van der Waals surface area contributed by atoms with Crippen LogP contribution in [0.5, 0.6) is 11.5 Å². The fraction of sp³-hybridized carbons (Fsp3) is 0.235. The Morgan fingerprint density at radius 2 is 1.65 bits per heavy atom. The van der Waals surface area contributed by atoms with Gasteiger partial charge < -0.3 is 9.47 Å². The van der Waals surface area contributed by atoms with Crippen LogP contribution in [-0.4, -0.2) is 12.6 Å². The minimum absolute atomic E-state index is 0.397. The molecular formula is C17H18O3. The van der Waals surface area contributed by atoms with Gasteiger partial charge >= 0.3 is 5.97 Å². The Morgan fingerprint density at radius 1 is 1.00 bits per heavy atom. The van der Waals surface area contributed by atoms with Crippen LogP contribution in [0, 0.1) is 6.92 Å². The summed E-state index contributed by atoms with van der Waals surface area (Å²) in [6.07, 6.45) is 0.890. The van der Waals surface area contributed by atoms with Crippen molar-refractivity contribution in [3.8, 4) is 11.5 Å². The lowest BCUT2D eigenvalue weighted by Crippen LogP contribution is -2.11. The molecule has 0 aromatic heterocycles. The molecule has 2 aromatic carbocycles. The van der Waals surface area contributed by atoms with Crippen molar-refractivity contribution in [2.45, 2.75) is 20.3 Å². The highest BCUT2D eigenvalue weighted by Gasteiger charge is 2.15. The van der Waals surface area contributed by atoms with E-state index in [1.807, 2.05) is 38.1 Å². The standard InChI is InChI=1S/C17H18O3/c1-3-12-19-16-11-7-5-9-14(16)17(18)20-15-10-6-4-8-13(15)2/h4-11H,3,12H2,1-2H3. The van der Waals surface area contributed by atoms with E-state index in [0.717, 1.165) is 12.0 Å². The molecule has 0 fully saturated rings. The quantitative estimate of drug-likeness (QED) is 0.608. The summed E-state index contributed by atoms with van der Waals surface area (Å²) in [5.41, 5.74) is 1.37. The van der Waals surface area contributed by atoms with Gasteiger partial charge in [-0.1, -0.05) is 37.3 Å². The number of benzene rings is 2. The summed E-state index contributed by atoms with van der Waals surface area (Å²) in [6.45, 7) is 4.50. The molecule has 20 heavy (non-hydrogen) atoms. The molecule has 0 saturated heterocycles. The zero-order chi connectivity index (χ0) is 14.4. The Kier molecular flexibility index (Phi) is 4.77. The summed E-state index contributed by atoms with van der Waals surface area (Å²) >= 11 is 0. The van der Waals surface area contributed by atoms with Crippen LogP contribution in [0.2, 0.25) is 0 Å². The molecule has 0 saturated carbocycles. The van der Waals surface area contributed by atoms with E-state index in [4.69, 9.17) is 9.47 Å². The molecule has 0 aliphatic carbocycles. The highest BCUT2D eigenvalue weighted by Crippen LogP contribution is 2.22. The van der Waals surface area contributed by atoms with E-state index in [2.05, 4.69) is 0 Å². The van der Waals surface area contributed by atoms with E-state index in [9.17, 15) is 4.79 Å². The van der Waals surface area contributed by atoms with Gasteiger partial charge in [0.25, 0.3) is 0 Å². The van der Waals surface area contributed by atoms with Gasteiger partial charge in [-0.3, -0.25) is 0 Å². The second-order valence-corrected chi connectivity index (χ2v) is 4.50. The highest BCUT2D eigenvalue weighted by molar-refractivity contribution is 5.94. The van der Waals surface area contributed by atoms with Crippen LogP contribution in [-0.2, 0) is 0 Å². The summed E-state index contributed by atoms with van der Waals surface area (Å²) in [5, 5.41) is 0. The normalized spacial score (nSPS) is 10.1. The molecule has 0 heterocycles. The molecule has 0 N–H and O–H groups in total. The van der Waals surface area contributed by atoms with Crippen molar-refractivity contribution < 1.29 is 14.3 Å². The second-order valence-electron chi connectivity index (χ2n) is 4.50. The first-order chi connectivity index (χ1) is 9.72. The minimum Gasteiger partial charge on any atom is -0.493 e. The Labute approximate surface area is 119 Å². The van der Waals surface area contributed by atoms with Crippen molar-refractivity contribution in [2.24, 2.45) is 0 Å². The SMILES string of the molecule is CCCOc1ccccc1C(=O)Oc1ccccc1C. The number of para-hydroxylation sites is 2. The summed E-state index contributed by atoms with van der Waals surface area (Å²) in [7, 11) is 0. The molecule has 104 valence electrons. The molecule has 0 spiro atoms. The first-order valence-corrected chi connectivity index (χ1v) is 6.72. The van der Waals surface area contributed by atoms with Gasteiger partial charge in [0.15, 0.2) is 0 Å². The second kappa shape index (κ2) is 6.75. The van der Waals surface area contributed by atoms with Crippen molar-refractivity contribution in [3.05, 3.63) is 59.7 Å². The molecule has 2 rings (SSSR count). The van der Waals surface area contributed by atoms with Gasteiger partial charge in [0.05, 0.1) is 6.61 Å². The molecule has 0 atom stereocenters. The van der Waals surface area contributed by atoms with Crippen molar-refractivity contribution >= 4 is 5.97 Å². The first kappa shape index (κ1) is 14.1. The minimum atomic E-state index is -0.397. The number of rotatable bonds is 5. The third-order valence-electron chi connectivity index (χ3n) is 2.86. The van der Waals surface area contributed by atoms with E-state index < -0.39 is 5.97 Å². The maximum Gasteiger partial charge on any atom is 0.347 e. The van der Waals surface area contributed by atoms with Crippen LogP contribution in [0.3, 0.4) is 0 Å². The Bertz CT molecular complexity index is 590. The van der Waals surface area contributed by atoms with Crippen LogP contribution in [0.25, 0.3) is 0 Å². The van der Waals surface area contributed by atoms with Gasteiger partial charge in [-0.05, 0) is 37.1 Å². The number of ether oxygens (including phenoxy) is 2. The van der Waals surface area contributed by atoms with Gasteiger partial charge in [-0.25, -0.2) is 4.79 Å². The zero-order valence-electron chi connectivity index (χ0n) is 11.8.